The van der Waals surface area contributed by atoms with Crippen LogP contribution in [0.4, 0.5) is 10.5 Å². The number of aryl methyl sites for hydroxylation is 2. The second-order valence-electron chi connectivity index (χ2n) is 9.01. The highest BCUT2D eigenvalue weighted by Crippen LogP contribution is 2.34. The topological polar surface area (TPSA) is 59.1 Å². The Morgan fingerprint density at radius 2 is 1.81 bits per heavy atom. The number of halogens is 1. The molecule has 0 aromatic heterocycles. The third-order valence-corrected chi connectivity index (χ3v) is 6.87. The first-order chi connectivity index (χ1) is 15.3. The van der Waals surface area contributed by atoms with E-state index in [1.54, 1.807) is 24.1 Å². The molecule has 168 valence electrons. The Kier molecular flexibility index (Phi) is 5.35. The van der Waals surface area contributed by atoms with Gasteiger partial charge in [-0.3, -0.25) is 19.9 Å². The first-order valence-corrected chi connectivity index (χ1v) is 11.4. The Bertz CT molecular complexity index is 1060. The molecule has 2 aromatic carbocycles. The number of anilines is 1. The summed E-state index contributed by atoms with van der Waals surface area (Å²) in [7, 11) is 1.77. The molecule has 0 bridgehead atoms. The molecule has 3 atom stereocenters. The number of hydrogen-bond donors (Lipinski definition) is 1. The Labute approximate surface area is 193 Å². The Morgan fingerprint density at radius 3 is 2.53 bits per heavy atom. The van der Waals surface area contributed by atoms with Crippen LogP contribution in [-0.2, 0) is 11.3 Å². The molecule has 8 heteroatoms. The van der Waals surface area contributed by atoms with Crippen molar-refractivity contribution in [1.82, 2.24) is 20.0 Å². The van der Waals surface area contributed by atoms with Gasteiger partial charge in [0.1, 0.15) is 18.5 Å². The van der Waals surface area contributed by atoms with Gasteiger partial charge in [0.2, 0.25) is 0 Å². The number of carbonyl (C=O) groups is 2. The fourth-order valence-corrected chi connectivity index (χ4v) is 5.48. The van der Waals surface area contributed by atoms with E-state index >= 15 is 0 Å². The van der Waals surface area contributed by atoms with Crippen LogP contribution < -0.4 is 10.2 Å². The number of nitrogens with one attached hydrogen (secondary N) is 1. The normalized spacial score (nSPS) is 25.9. The van der Waals surface area contributed by atoms with Gasteiger partial charge in [0, 0.05) is 30.8 Å². The summed E-state index contributed by atoms with van der Waals surface area (Å²) >= 11 is 6.12. The molecule has 7 nitrogen and oxygen atoms in total. The molecule has 3 heterocycles. The highest BCUT2D eigenvalue weighted by molar-refractivity contribution is 6.30. The van der Waals surface area contributed by atoms with Gasteiger partial charge in [0.25, 0.3) is 5.91 Å². The second-order valence-corrected chi connectivity index (χ2v) is 9.44. The van der Waals surface area contributed by atoms with Gasteiger partial charge >= 0.3 is 6.03 Å². The fraction of sp³-hybridized carbons (Fsp3) is 0.417. The standard InChI is InChI=1S/C24H28ClN5O2/c1-15-10-16(2)12-19(11-15)28-8-5-9-29-20-21(26-23(28)29)27(3)24(32)30(22(20)31)14-17-6-4-7-18(25)13-17/h4,6-7,10-13,20-21,23,26H,5,8-9,14H2,1-3H3. The molecule has 32 heavy (non-hydrogen) atoms. The van der Waals surface area contributed by atoms with E-state index < -0.39 is 6.04 Å². The molecular weight excluding hydrogens is 426 g/mol. The van der Waals surface area contributed by atoms with Crippen molar-refractivity contribution in [3.05, 3.63) is 64.2 Å². The molecule has 3 aliphatic heterocycles. The zero-order chi connectivity index (χ0) is 22.6. The average molecular weight is 454 g/mol. The van der Waals surface area contributed by atoms with E-state index in [2.05, 4.69) is 47.2 Å². The molecule has 0 spiro atoms. The van der Waals surface area contributed by atoms with E-state index in [-0.39, 0.29) is 30.9 Å². The van der Waals surface area contributed by atoms with Crippen molar-refractivity contribution in [1.29, 1.82) is 0 Å². The van der Waals surface area contributed by atoms with Gasteiger partial charge in [-0.05, 0) is 61.2 Å². The average Bonchev–Trinajstić information content (AvgIpc) is 3.14. The van der Waals surface area contributed by atoms with Crippen molar-refractivity contribution >= 4 is 29.2 Å². The number of carbonyl (C=O) groups excluding carboxylic acids is 2. The molecule has 3 saturated heterocycles. The van der Waals surface area contributed by atoms with Crippen molar-refractivity contribution in [2.45, 2.75) is 45.3 Å². The van der Waals surface area contributed by atoms with Gasteiger partial charge in [-0.15, -0.1) is 0 Å². The zero-order valence-corrected chi connectivity index (χ0v) is 19.3. The summed E-state index contributed by atoms with van der Waals surface area (Å²) in [6.07, 6.45) is 0.459. The molecule has 3 fully saturated rings. The summed E-state index contributed by atoms with van der Waals surface area (Å²) in [4.78, 5) is 34.3. The van der Waals surface area contributed by atoms with Crippen molar-refractivity contribution < 1.29 is 9.59 Å². The van der Waals surface area contributed by atoms with Gasteiger partial charge in [-0.1, -0.05) is 29.8 Å². The third-order valence-electron chi connectivity index (χ3n) is 6.64. The Morgan fingerprint density at radius 1 is 1.06 bits per heavy atom. The number of amides is 3. The lowest BCUT2D eigenvalue weighted by Crippen LogP contribution is -2.66. The van der Waals surface area contributed by atoms with Crippen LogP contribution in [0.25, 0.3) is 0 Å². The Balaban J connectivity index is 1.45. The van der Waals surface area contributed by atoms with Crippen molar-refractivity contribution in [2.75, 3.05) is 25.0 Å². The number of benzene rings is 2. The quantitative estimate of drug-likeness (QED) is 0.773. The van der Waals surface area contributed by atoms with Crippen molar-refractivity contribution in [3.8, 4) is 0 Å². The monoisotopic (exact) mass is 453 g/mol. The summed E-state index contributed by atoms with van der Waals surface area (Å²) in [5, 5.41) is 4.17. The van der Waals surface area contributed by atoms with Crippen LogP contribution in [0.5, 0.6) is 0 Å². The lowest BCUT2D eigenvalue weighted by atomic mass is 10.1. The van der Waals surface area contributed by atoms with E-state index in [9.17, 15) is 9.59 Å². The highest BCUT2D eigenvalue weighted by Gasteiger charge is 2.56. The first kappa shape index (κ1) is 21.2. The molecule has 5 rings (SSSR count). The minimum Gasteiger partial charge on any atom is -0.343 e. The van der Waals surface area contributed by atoms with Crippen LogP contribution in [-0.4, -0.2) is 65.3 Å². The smallest absolute Gasteiger partial charge is 0.328 e. The van der Waals surface area contributed by atoms with Crippen LogP contribution in [0.1, 0.15) is 23.1 Å². The SMILES string of the molecule is Cc1cc(C)cc(N2CCCN3C4C(=O)N(Cc5cccc(Cl)c5)C(=O)N(C)C4NC23)c1. The minimum absolute atomic E-state index is 0.134. The van der Waals surface area contributed by atoms with E-state index in [0.29, 0.717) is 5.02 Å². The van der Waals surface area contributed by atoms with Gasteiger partial charge < -0.3 is 9.80 Å². The molecule has 2 aromatic rings. The molecule has 1 N–H and O–H groups in total. The summed E-state index contributed by atoms with van der Waals surface area (Å²) in [5.41, 5.74) is 4.40. The number of likely N-dealkylation sites (N-methyl/N-ethyl adjacent to an activating group) is 1. The summed E-state index contributed by atoms with van der Waals surface area (Å²) < 4.78 is 0. The number of hydrogen-bond acceptors (Lipinski definition) is 5. The van der Waals surface area contributed by atoms with Crippen LogP contribution in [0.15, 0.2) is 42.5 Å². The van der Waals surface area contributed by atoms with E-state index in [0.717, 1.165) is 30.8 Å². The zero-order valence-electron chi connectivity index (χ0n) is 18.6. The summed E-state index contributed by atoms with van der Waals surface area (Å²) in [6, 6.07) is 13.1. The lowest BCUT2D eigenvalue weighted by Gasteiger charge is -2.44. The molecule has 0 aliphatic carbocycles. The molecular formula is C24H28ClN5O2. The maximum Gasteiger partial charge on any atom is 0.328 e. The Hall–Kier alpha value is -2.61. The largest absolute Gasteiger partial charge is 0.343 e. The van der Waals surface area contributed by atoms with E-state index in [1.165, 1.54) is 16.0 Å². The molecule has 3 unspecified atom stereocenters. The second kappa shape index (κ2) is 8.06. The minimum atomic E-state index is -0.421. The maximum atomic E-state index is 13.6. The molecule has 0 saturated carbocycles. The molecule has 0 radical (unpaired) electrons. The fourth-order valence-electron chi connectivity index (χ4n) is 5.26. The van der Waals surface area contributed by atoms with E-state index in [1.807, 2.05) is 12.1 Å². The van der Waals surface area contributed by atoms with Crippen molar-refractivity contribution in [3.63, 3.8) is 0 Å². The number of fused-ring (bicyclic) bond motifs is 3. The first-order valence-electron chi connectivity index (χ1n) is 11.0. The number of urea groups is 1. The van der Waals surface area contributed by atoms with Gasteiger partial charge in [0.15, 0.2) is 0 Å². The lowest BCUT2D eigenvalue weighted by molar-refractivity contribution is -0.139. The summed E-state index contributed by atoms with van der Waals surface area (Å²) in [5.74, 6) is -0.157. The van der Waals surface area contributed by atoms with Gasteiger partial charge in [0.05, 0.1) is 6.54 Å². The number of nitrogens with zero attached hydrogens (tertiary/aromatic N) is 4. The van der Waals surface area contributed by atoms with Crippen LogP contribution in [0.2, 0.25) is 5.02 Å². The third kappa shape index (κ3) is 3.54. The molecule has 3 aliphatic rings. The van der Waals surface area contributed by atoms with Gasteiger partial charge in [-0.2, -0.15) is 0 Å². The van der Waals surface area contributed by atoms with E-state index in [4.69, 9.17) is 11.6 Å². The molecule has 3 amide bonds. The number of imide groups is 1. The number of rotatable bonds is 3. The van der Waals surface area contributed by atoms with Gasteiger partial charge in [-0.25, -0.2) is 4.79 Å². The summed E-state index contributed by atoms with van der Waals surface area (Å²) in [6.45, 7) is 6.12. The van der Waals surface area contributed by atoms with Crippen LogP contribution >= 0.6 is 11.6 Å². The predicted molar refractivity (Wildman–Crippen MR) is 124 cm³/mol. The van der Waals surface area contributed by atoms with Crippen LogP contribution in [0.3, 0.4) is 0 Å². The maximum absolute atomic E-state index is 13.6. The highest BCUT2D eigenvalue weighted by atomic mass is 35.5. The van der Waals surface area contributed by atoms with Crippen LogP contribution in [0, 0.1) is 13.8 Å². The van der Waals surface area contributed by atoms with Crippen molar-refractivity contribution in [2.24, 2.45) is 0 Å². The predicted octanol–water partition coefficient (Wildman–Crippen LogP) is 3.14.